The monoisotopic (exact) mass is 245 g/mol. The summed E-state index contributed by atoms with van der Waals surface area (Å²) in [6.07, 6.45) is 2.15. The highest BCUT2D eigenvalue weighted by Crippen LogP contribution is 2.14. The fourth-order valence-electron chi connectivity index (χ4n) is 1.76. The molecule has 0 heterocycles. The number of carboxylic acid groups (broad SMARTS) is 1. The largest absolute Gasteiger partial charge is 0.480 e. The number of aliphatic carboxylic acids is 1. The van der Waals surface area contributed by atoms with Crippen molar-refractivity contribution < 1.29 is 19.8 Å². The van der Waals surface area contributed by atoms with Gasteiger partial charge in [0.25, 0.3) is 0 Å². The third kappa shape index (κ3) is 5.68. The third-order valence-electron chi connectivity index (χ3n) is 2.69. The molecule has 0 saturated heterocycles. The van der Waals surface area contributed by atoms with Gasteiger partial charge in [0.2, 0.25) is 5.91 Å². The maximum absolute atomic E-state index is 11.9. The number of hydrogen-bond donors (Lipinski definition) is 3. The SMILES string of the molecule is CCCC(CCC)C(=O)NC(C(=O)O)C(C)O. The van der Waals surface area contributed by atoms with Crippen molar-refractivity contribution in [3.63, 3.8) is 0 Å². The first-order valence-corrected chi connectivity index (χ1v) is 6.15. The first-order chi connectivity index (χ1) is 7.93. The highest BCUT2D eigenvalue weighted by molar-refractivity contribution is 5.85. The van der Waals surface area contributed by atoms with Crippen LogP contribution in [0.15, 0.2) is 0 Å². The average Bonchev–Trinajstić information content (AvgIpc) is 2.24. The van der Waals surface area contributed by atoms with Crippen molar-refractivity contribution in [1.29, 1.82) is 0 Å². The van der Waals surface area contributed by atoms with E-state index in [-0.39, 0.29) is 11.8 Å². The average molecular weight is 245 g/mol. The van der Waals surface area contributed by atoms with Gasteiger partial charge in [-0.05, 0) is 19.8 Å². The molecule has 0 rings (SSSR count). The van der Waals surface area contributed by atoms with Crippen molar-refractivity contribution in [1.82, 2.24) is 5.32 Å². The van der Waals surface area contributed by atoms with E-state index in [1.54, 1.807) is 0 Å². The van der Waals surface area contributed by atoms with Crippen LogP contribution in [0.25, 0.3) is 0 Å². The Labute approximate surface area is 102 Å². The standard InChI is InChI=1S/C12H23NO4/c1-4-6-9(7-5-2)11(15)13-10(8(3)14)12(16)17/h8-10,14H,4-7H2,1-3H3,(H,13,15)(H,16,17). The minimum Gasteiger partial charge on any atom is -0.480 e. The zero-order chi connectivity index (χ0) is 13.4. The number of aliphatic hydroxyl groups excluding tert-OH is 1. The number of carbonyl (C=O) groups is 2. The fraction of sp³-hybridized carbons (Fsp3) is 0.833. The zero-order valence-electron chi connectivity index (χ0n) is 10.8. The topological polar surface area (TPSA) is 86.6 Å². The van der Waals surface area contributed by atoms with Crippen molar-refractivity contribution in [3.8, 4) is 0 Å². The minimum absolute atomic E-state index is 0.161. The third-order valence-corrected chi connectivity index (χ3v) is 2.69. The minimum atomic E-state index is -1.22. The summed E-state index contributed by atoms with van der Waals surface area (Å²) in [5.74, 6) is -1.65. The quantitative estimate of drug-likeness (QED) is 0.598. The summed E-state index contributed by atoms with van der Waals surface area (Å²) in [5.41, 5.74) is 0. The van der Waals surface area contributed by atoms with Crippen LogP contribution >= 0.6 is 0 Å². The van der Waals surface area contributed by atoms with E-state index < -0.39 is 18.1 Å². The number of rotatable bonds is 8. The van der Waals surface area contributed by atoms with Crippen LogP contribution in [0.4, 0.5) is 0 Å². The van der Waals surface area contributed by atoms with E-state index in [0.717, 1.165) is 25.7 Å². The van der Waals surface area contributed by atoms with E-state index in [2.05, 4.69) is 5.32 Å². The molecule has 1 amide bonds. The molecule has 0 aliphatic heterocycles. The number of carboxylic acids is 1. The Bertz CT molecular complexity index is 247. The van der Waals surface area contributed by atoms with E-state index in [1.165, 1.54) is 6.92 Å². The highest BCUT2D eigenvalue weighted by Gasteiger charge is 2.27. The Hall–Kier alpha value is -1.10. The van der Waals surface area contributed by atoms with Crippen molar-refractivity contribution in [3.05, 3.63) is 0 Å². The molecular weight excluding hydrogens is 222 g/mol. The van der Waals surface area contributed by atoms with Gasteiger partial charge in [-0.25, -0.2) is 4.79 Å². The van der Waals surface area contributed by atoms with E-state index in [1.807, 2.05) is 13.8 Å². The summed E-state index contributed by atoms with van der Waals surface area (Å²) < 4.78 is 0. The van der Waals surface area contributed by atoms with Gasteiger partial charge in [-0.15, -0.1) is 0 Å². The van der Waals surface area contributed by atoms with Crippen LogP contribution in [0.3, 0.4) is 0 Å². The number of hydrogen-bond acceptors (Lipinski definition) is 3. The van der Waals surface area contributed by atoms with Gasteiger partial charge in [-0.2, -0.15) is 0 Å². The molecular formula is C12H23NO4. The predicted molar refractivity (Wildman–Crippen MR) is 64.6 cm³/mol. The second kappa shape index (κ2) is 8.06. The molecule has 0 bridgehead atoms. The van der Waals surface area contributed by atoms with Crippen molar-refractivity contribution in [2.45, 2.75) is 58.6 Å². The lowest BCUT2D eigenvalue weighted by Crippen LogP contribution is -2.49. The summed E-state index contributed by atoms with van der Waals surface area (Å²) in [7, 11) is 0. The molecule has 0 aromatic heterocycles. The Morgan fingerprint density at radius 2 is 1.65 bits per heavy atom. The summed E-state index contributed by atoms with van der Waals surface area (Å²) in [5, 5.41) is 20.5. The number of nitrogens with one attached hydrogen (secondary N) is 1. The van der Waals surface area contributed by atoms with Crippen LogP contribution < -0.4 is 5.32 Å². The zero-order valence-corrected chi connectivity index (χ0v) is 10.8. The van der Waals surface area contributed by atoms with Gasteiger partial charge < -0.3 is 15.5 Å². The summed E-state index contributed by atoms with van der Waals surface area (Å²) >= 11 is 0. The van der Waals surface area contributed by atoms with Gasteiger partial charge in [-0.3, -0.25) is 4.79 Å². The number of aliphatic hydroxyl groups is 1. The van der Waals surface area contributed by atoms with Gasteiger partial charge in [0.15, 0.2) is 6.04 Å². The molecule has 0 fully saturated rings. The molecule has 0 spiro atoms. The van der Waals surface area contributed by atoms with Crippen molar-refractivity contribution >= 4 is 11.9 Å². The van der Waals surface area contributed by atoms with E-state index in [0.29, 0.717) is 0 Å². The molecule has 2 atom stereocenters. The van der Waals surface area contributed by atoms with Crippen LogP contribution in [0.2, 0.25) is 0 Å². The molecule has 0 saturated carbocycles. The highest BCUT2D eigenvalue weighted by atomic mass is 16.4. The Kier molecular flexibility index (Phi) is 7.54. The molecule has 3 N–H and O–H groups in total. The molecule has 0 aromatic carbocycles. The van der Waals surface area contributed by atoms with E-state index in [9.17, 15) is 14.7 Å². The van der Waals surface area contributed by atoms with Crippen molar-refractivity contribution in [2.75, 3.05) is 0 Å². The molecule has 2 unspecified atom stereocenters. The van der Waals surface area contributed by atoms with Crippen LogP contribution in [0, 0.1) is 5.92 Å². The smallest absolute Gasteiger partial charge is 0.328 e. The first-order valence-electron chi connectivity index (χ1n) is 6.15. The van der Waals surface area contributed by atoms with Crippen LogP contribution in [-0.4, -0.2) is 34.2 Å². The van der Waals surface area contributed by atoms with Crippen LogP contribution in [0.1, 0.15) is 46.5 Å². The molecule has 0 aliphatic carbocycles. The van der Waals surface area contributed by atoms with E-state index in [4.69, 9.17) is 5.11 Å². The molecule has 0 aliphatic rings. The molecule has 0 aromatic rings. The maximum atomic E-state index is 11.9. The van der Waals surface area contributed by atoms with Crippen molar-refractivity contribution in [2.24, 2.45) is 5.92 Å². The molecule has 5 heteroatoms. The molecule has 5 nitrogen and oxygen atoms in total. The Balaban J connectivity index is 4.50. The van der Waals surface area contributed by atoms with Gasteiger partial charge in [-0.1, -0.05) is 26.7 Å². The predicted octanol–water partition coefficient (Wildman–Crippen LogP) is 1.15. The van der Waals surface area contributed by atoms with Gasteiger partial charge in [0.05, 0.1) is 6.10 Å². The Morgan fingerprint density at radius 1 is 1.18 bits per heavy atom. The number of carbonyl (C=O) groups excluding carboxylic acids is 1. The summed E-state index contributed by atoms with van der Waals surface area (Å²) in [4.78, 5) is 22.7. The van der Waals surface area contributed by atoms with E-state index >= 15 is 0 Å². The maximum Gasteiger partial charge on any atom is 0.328 e. The lowest BCUT2D eigenvalue weighted by atomic mass is 9.96. The lowest BCUT2D eigenvalue weighted by Gasteiger charge is -2.21. The molecule has 100 valence electrons. The van der Waals surface area contributed by atoms with Crippen LogP contribution in [0.5, 0.6) is 0 Å². The Morgan fingerprint density at radius 3 is 1.94 bits per heavy atom. The second-order valence-corrected chi connectivity index (χ2v) is 4.34. The normalized spacial score (nSPS) is 14.4. The van der Waals surface area contributed by atoms with Crippen LogP contribution in [-0.2, 0) is 9.59 Å². The van der Waals surface area contributed by atoms with Gasteiger partial charge in [0, 0.05) is 5.92 Å². The lowest BCUT2D eigenvalue weighted by molar-refractivity contribution is -0.145. The first kappa shape index (κ1) is 15.9. The van der Waals surface area contributed by atoms with Gasteiger partial charge >= 0.3 is 5.97 Å². The summed E-state index contributed by atoms with van der Waals surface area (Å²) in [6.45, 7) is 5.33. The number of amides is 1. The summed E-state index contributed by atoms with van der Waals surface area (Å²) in [6, 6.07) is -1.22. The molecule has 17 heavy (non-hydrogen) atoms. The fourth-order valence-corrected chi connectivity index (χ4v) is 1.76. The second-order valence-electron chi connectivity index (χ2n) is 4.34. The van der Waals surface area contributed by atoms with Gasteiger partial charge in [0.1, 0.15) is 0 Å². The molecule has 0 radical (unpaired) electrons.